The first-order chi connectivity index (χ1) is 12.2. The summed E-state index contributed by atoms with van der Waals surface area (Å²) in [6.45, 7) is 18.4. The van der Waals surface area contributed by atoms with Crippen molar-refractivity contribution in [2.24, 2.45) is 0 Å². The molecule has 26 heavy (non-hydrogen) atoms. The quantitative estimate of drug-likeness (QED) is 0.435. The maximum absolute atomic E-state index is 2.31. The van der Waals surface area contributed by atoms with Gasteiger partial charge in [-0.15, -0.1) is 0 Å². The van der Waals surface area contributed by atoms with Crippen molar-refractivity contribution in [3.05, 3.63) is 58.7 Å². The largest absolute Gasteiger partial charge is 0.0608 e. The highest BCUT2D eigenvalue weighted by Crippen LogP contribution is 2.46. The Morgan fingerprint density at radius 1 is 0.500 bits per heavy atom. The van der Waals surface area contributed by atoms with E-state index in [0.717, 1.165) is 0 Å². The maximum Gasteiger partial charge on any atom is 0.0223 e. The van der Waals surface area contributed by atoms with Crippen LogP contribution >= 0.6 is 21.6 Å². The Labute approximate surface area is 169 Å². The van der Waals surface area contributed by atoms with E-state index < -0.39 is 0 Å². The van der Waals surface area contributed by atoms with Crippen LogP contribution in [0.3, 0.4) is 0 Å². The fourth-order valence-electron chi connectivity index (χ4n) is 3.60. The molecule has 2 aromatic carbocycles. The van der Waals surface area contributed by atoms with E-state index in [0.29, 0.717) is 23.7 Å². The highest BCUT2D eigenvalue weighted by molar-refractivity contribution is 8.76. The van der Waals surface area contributed by atoms with Gasteiger partial charge in [0.1, 0.15) is 0 Å². The predicted molar refractivity (Wildman–Crippen MR) is 121 cm³/mol. The van der Waals surface area contributed by atoms with E-state index in [1.165, 1.54) is 32.0 Å². The maximum atomic E-state index is 2.31. The third-order valence-electron chi connectivity index (χ3n) is 4.82. The van der Waals surface area contributed by atoms with Gasteiger partial charge in [-0.2, -0.15) is 0 Å². The van der Waals surface area contributed by atoms with Crippen molar-refractivity contribution in [2.75, 3.05) is 0 Å². The summed E-state index contributed by atoms with van der Waals surface area (Å²) in [6, 6.07) is 13.6. The normalized spacial score (nSPS) is 12.0. The lowest BCUT2D eigenvalue weighted by Gasteiger charge is -2.22. The van der Waals surface area contributed by atoms with Gasteiger partial charge in [0, 0.05) is 9.79 Å². The van der Waals surface area contributed by atoms with Crippen LogP contribution in [0.25, 0.3) is 0 Å². The zero-order chi connectivity index (χ0) is 19.4. The molecule has 0 atom stereocenters. The van der Waals surface area contributed by atoms with Gasteiger partial charge in [-0.25, -0.2) is 0 Å². The monoisotopic (exact) mass is 386 g/mol. The lowest BCUT2D eigenvalue weighted by Crippen LogP contribution is -2.01. The summed E-state index contributed by atoms with van der Waals surface area (Å²) in [6.07, 6.45) is 0. The summed E-state index contributed by atoms with van der Waals surface area (Å²) in [5, 5.41) is 0. The first-order valence-corrected chi connectivity index (χ1v) is 12.0. The Hall–Kier alpha value is -0.860. The highest BCUT2D eigenvalue weighted by Gasteiger charge is 2.18. The molecular formula is C24H34S2. The van der Waals surface area contributed by atoms with Crippen LogP contribution in [0.5, 0.6) is 0 Å². The van der Waals surface area contributed by atoms with Crippen molar-refractivity contribution in [3.8, 4) is 0 Å². The molecule has 0 nitrogen and oxygen atoms in total. The third-order valence-corrected chi connectivity index (χ3v) is 7.30. The van der Waals surface area contributed by atoms with Gasteiger partial charge in [-0.05, 0) is 58.1 Å². The van der Waals surface area contributed by atoms with E-state index in [1.807, 2.05) is 21.6 Å². The molecule has 2 heteroatoms. The molecule has 0 amide bonds. The number of hydrogen-bond acceptors (Lipinski definition) is 2. The summed E-state index contributed by atoms with van der Waals surface area (Å²) >= 11 is 0. The van der Waals surface area contributed by atoms with Crippen molar-refractivity contribution in [1.29, 1.82) is 0 Å². The van der Waals surface area contributed by atoms with Gasteiger partial charge in [-0.3, -0.25) is 0 Å². The van der Waals surface area contributed by atoms with Gasteiger partial charge in [0.15, 0.2) is 0 Å². The molecule has 0 fully saturated rings. The van der Waals surface area contributed by atoms with E-state index in [2.05, 4.69) is 91.8 Å². The van der Waals surface area contributed by atoms with E-state index in [1.54, 1.807) is 0 Å². The molecule has 0 aliphatic rings. The van der Waals surface area contributed by atoms with Crippen LogP contribution in [0, 0.1) is 0 Å². The molecule has 0 aromatic heterocycles. The van der Waals surface area contributed by atoms with Gasteiger partial charge >= 0.3 is 0 Å². The molecule has 0 unspecified atom stereocenters. The van der Waals surface area contributed by atoms with E-state index in [4.69, 9.17) is 0 Å². The first kappa shape index (κ1) is 21.4. The second-order valence-electron chi connectivity index (χ2n) is 8.30. The lowest BCUT2D eigenvalue weighted by molar-refractivity contribution is 0.772. The molecule has 0 saturated heterocycles. The SMILES string of the molecule is CC(C)c1cccc(SSc2cccc(C(C)C)c2C(C)C)c1C(C)C. The van der Waals surface area contributed by atoms with Crippen LogP contribution in [0.15, 0.2) is 46.2 Å². The zero-order valence-electron chi connectivity index (χ0n) is 17.6. The standard InChI is InChI=1S/C24H34S2/c1-15(2)19-11-9-13-21(23(19)17(5)6)25-26-22-14-10-12-20(16(3)4)24(22)18(7)8/h9-18H,1-8H3. The van der Waals surface area contributed by atoms with Crippen molar-refractivity contribution < 1.29 is 0 Å². The Kier molecular flexibility index (Phi) is 7.73. The van der Waals surface area contributed by atoms with Crippen molar-refractivity contribution in [3.63, 3.8) is 0 Å². The van der Waals surface area contributed by atoms with Crippen LogP contribution in [0.1, 0.15) is 101 Å². The minimum atomic E-state index is 0.545. The molecule has 0 aliphatic carbocycles. The molecule has 0 spiro atoms. The number of benzene rings is 2. The molecule has 142 valence electrons. The first-order valence-electron chi connectivity index (χ1n) is 9.84. The third kappa shape index (κ3) is 4.89. The van der Waals surface area contributed by atoms with Gasteiger partial charge in [-0.1, -0.05) is 101 Å². The van der Waals surface area contributed by atoms with E-state index in [-0.39, 0.29) is 0 Å². The second kappa shape index (κ2) is 9.37. The Bertz CT molecular complexity index is 663. The zero-order valence-corrected chi connectivity index (χ0v) is 19.2. The average molecular weight is 387 g/mol. The van der Waals surface area contributed by atoms with Crippen LogP contribution in [0.4, 0.5) is 0 Å². The topological polar surface area (TPSA) is 0 Å². The number of rotatable bonds is 7. The minimum absolute atomic E-state index is 0.545. The molecule has 2 aromatic rings. The van der Waals surface area contributed by atoms with Gasteiger partial charge < -0.3 is 0 Å². The fraction of sp³-hybridized carbons (Fsp3) is 0.500. The predicted octanol–water partition coefficient (Wildman–Crippen LogP) is 8.98. The molecule has 0 N–H and O–H groups in total. The van der Waals surface area contributed by atoms with Gasteiger partial charge in [0.2, 0.25) is 0 Å². The molecule has 0 bridgehead atoms. The molecular weight excluding hydrogens is 352 g/mol. The molecule has 0 saturated carbocycles. The molecule has 0 heterocycles. The van der Waals surface area contributed by atoms with Crippen molar-refractivity contribution in [2.45, 2.75) is 88.9 Å². The van der Waals surface area contributed by atoms with Crippen molar-refractivity contribution >= 4 is 21.6 Å². The van der Waals surface area contributed by atoms with Crippen LogP contribution in [0.2, 0.25) is 0 Å². The van der Waals surface area contributed by atoms with Crippen molar-refractivity contribution in [1.82, 2.24) is 0 Å². The summed E-state index contributed by atoms with van der Waals surface area (Å²) in [7, 11) is 3.86. The summed E-state index contributed by atoms with van der Waals surface area (Å²) in [5.41, 5.74) is 6.02. The van der Waals surface area contributed by atoms with Crippen LogP contribution in [-0.4, -0.2) is 0 Å². The lowest BCUT2D eigenvalue weighted by atomic mass is 9.91. The van der Waals surface area contributed by atoms with E-state index >= 15 is 0 Å². The Morgan fingerprint density at radius 2 is 0.846 bits per heavy atom. The average Bonchev–Trinajstić information content (AvgIpc) is 2.58. The Morgan fingerprint density at radius 3 is 1.12 bits per heavy atom. The number of hydrogen-bond donors (Lipinski definition) is 0. The summed E-state index contributed by atoms with van der Waals surface area (Å²) < 4.78 is 0. The van der Waals surface area contributed by atoms with Crippen LogP contribution in [-0.2, 0) is 0 Å². The van der Waals surface area contributed by atoms with E-state index in [9.17, 15) is 0 Å². The second-order valence-corrected chi connectivity index (χ2v) is 10.5. The Balaban J connectivity index is 2.38. The fourth-order valence-corrected chi connectivity index (χ4v) is 6.34. The van der Waals surface area contributed by atoms with Crippen LogP contribution < -0.4 is 0 Å². The summed E-state index contributed by atoms with van der Waals surface area (Å²) in [4.78, 5) is 2.83. The molecule has 2 rings (SSSR count). The smallest absolute Gasteiger partial charge is 0.0223 e. The molecule has 0 radical (unpaired) electrons. The minimum Gasteiger partial charge on any atom is -0.0608 e. The van der Waals surface area contributed by atoms with Gasteiger partial charge in [0.25, 0.3) is 0 Å². The summed E-state index contributed by atoms with van der Waals surface area (Å²) in [5.74, 6) is 2.22. The van der Waals surface area contributed by atoms with Gasteiger partial charge in [0.05, 0.1) is 0 Å². The molecule has 0 aliphatic heterocycles. The highest BCUT2D eigenvalue weighted by atomic mass is 33.1.